The maximum atomic E-state index is 12.2. The first-order chi connectivity index (χ1) is 8.69. The van der Waals surface area contributed by atoms with Gasteiger partial charge in [-0.05, 0) is 18.6 Å². The van der Waals surface area contributed by atoms with Gasteiger partial charge in [0.25, 0.3) is 0 Å². The number of nitrogens with zero attached hydrogens (tertiary/aromatic N) is 1. The van der Waals surface area contributed by atoms with Crippen LogP contribution in [-0.4, -0.2) is 24.9 Å². The van der Waals surface area contributed by atoms with Crippen molar-refractivity contribution < 1.29 is 14.3 Å². The minimum atomic E-state index is -0.732. The summed E-state index contributed by atoms with van der Waals surface area (Å²) in [5.41, 5.74) is 0.983. The van der Waals surface area contributed by atoms with Crippen molar-refractivity contribution >= 4 is 23.5 Å². The second-order valence-electron chi connectivity index (χ2n) is 4.19. The van der Waals surface area contributed by atoms with Crippen LogP contribution in [0.4, 0.5) is 5.69 Å². The monoisotopic (exact) mass is 245 g/mol. The van der Waals surface area contributed by atoms with Crippen molar-refractivity contribution in [2.45, 2.75) is 19.8 Å². The van der Waals surface area contributed by atoms with E-state index < -0.39 is 5.92 Å². The van der Waals surface area contributed by atoms with Gasteiger partial charge in [0, 0.05) is 18.2 Å². The van der Waals surface area contributed by atoms with Gasteiger partial charge in [-0.15, -0.1) is 0 Å². The molecule has 1 aliphatic rings. The Hall–Kier alpha value is -1.97. The molecule has 94 valence electrons. The van der Waals surface area contributed by atoms with Crippen LogP contribution < -0.4 is 4.74 Å². The van der Waals surface area contributed by atoms with Crippen LogP contribution in [0, 0.1) is 5.92 Å². The van der Waals surface area contributed by atoms with Gasteiger partial charge in [0.15, 0.2) is 5.78 Å². The highest BCUT2D eigenvalue weighted by Crippen LogP contribution is 2.35. The molecule has 1 aliphatic heterocycles. The van der Waals surface area contributed by atoms with Crippen LogP contribution in [-0.2, 0) is 4.79 Å². The number of fused-ring (bicyclic) bond motifs is 1. The fourth-order valence-electron chi connectivity index (χ4n) is 2.03. The molecule has 4 heteroatoms. The number of ether oxygens (including phenoxy) is 1. The quantitative estimate of drug-likeness (QED) is 0.766. The molecule has 1 aromatic rings. The van der Waals surface area contributed by atoms with E-state index in [0.717, 1.165) is 6.42 Å². The molecule has 0 bridgehead atoms. The number of ketones is 2. The summed E-state index contributed by atoms with van der Waals surface area (Å²) in [6.07, 6.45) is 2.58. The van der Waals surface area contributed by atoms with Gasteiger partial charge in [-0.2, -0.15) is 0 Å². The summed E-state index contributed by atoms with van der Waals surface area (Å²) in [6, 6.07) is 5.17. The lowest BCUT2D eigenvalue weighted by atomic mass is 9.89. The lowest BCUT2D eigenvalue weighted by Crippen LogP contribution is -2.27. The lowest BCUT2D eigenvalue weighted by Gasteiger charge is -2.17. The molecule has 0 amide bonds. The summed E-state index contributed by atoms with van der Waals surface area (Å²) in [5, 5.41) is 0. The van der Waals surface area contributed by atoms with Gasteiger partial charge in [-0.3, -0.25) is 14.6 Å². The Morgan fingerprint density at radius 2 is 2.22 bits per heavy atom. The van der Waals surface area contributed by atoms with Crippen molar-refractivity contribution in [1.82, 2.24) is 0 Å². The van der Waals surface area contributed by atoms with E-state index in [1.165, 1.54) is 13.3 Å². The minimum Gasteiger partial charge on any atom is -0.494 e. The normalized spacial score (nSPS) is 17.4. The molecule has 0 spiro atoms. The van der Waals surface area contributed by atoms with Gasteiger partial charge in [0.1, 0.15) is 23.1 Å². The second-order valence-corrected chi connectivity index (χ2v) is 4.19. The molecular weight excluding hydrogens is 230 g/mol. The smallest absolute Gasteiger partial charge is 0.181 e. The molecule has 1 heterocycles. The Kier molecular flexibility index (Phi) is 3.55. The Balaban J connectivity index is 2.38. The minimum absolute atomic E-state index is 0.0697. The number of carbonyl (C=O) groups excluding carboxylic acids is 2. The van der Waals surface area contributed by atoms with Gasteiger partial charge in [-0.1, -0.05) is 13.0 Å². The number of para-hydroxylation sites is 1. The van der Waals surface area contributed by atoms with Crippen molar-refractivity contribution in [2.24, 2.45) is 10.9 Å². The fourth-order valence-corrected chi connectivity index (χ4v) is 2.03. The van der Waals surface area contributed by atoms with E-state index in [9.17, 15) is 9.59 Å². The molecule has 1 unspecified atom stereocenters. The second kappa shape index (κ2) is 5.12. The first-order valence-corrected chi connectivity index (χ1v) is 5.97. The van der Waals surface area contributed by atoms with Crippen molar-refractivity contribution in [3.05, 3.63) is 23.8 Å². The van der Waals surface area contributed by atoms with E-state index in [2.05, 4.69) is 4.99 Å². The molecular formula is C14H15NO3. The lowest BCUT2D eigenvalue weighted by molar-refractivity contribution is -0.119. The number of hydrogen-bond acceptors (Lipinski definition) is 4. The van der Waals surface area contributed by atoms with E-state index >= 15 is 0 Å². The van der Waals surface area contributed by atoms with Crippen LogP contribution in [0.5, 0.6) is 5.75 Å². The molecule has 1 aromatic carbocycles. The van der Waals surface area contributed by atoms with Gasteiger partial charge < -0.3 is 4.74 Å². The molecule has 0 fully saturated rings. The van der Waals surface area contributed by atoms with Crippen LogP contribution in [0.1, 0.15) is 30.1 Å². The van der Waals surface area contributed by atoms with E-state index in [-0.39, 0.29) is 11.6 Å². The van der Waals surface area contributed by atoms with Gasteiger partial charge in [-0.25, -0.2) is 0 Å². The maximum absolute atomic E-state index is 12.2. The summed E-state index contributed by atoms with van der Waals surface area (Å²) in [6.45, 7) is 1.92. The summed E-state index contributed by atoms with van der Waals surface area (Å²) in [4.78, 5) is 28.3. The molecule has 2 rings (SSSR count). The molecule has 18 heavy (non-hydrogen) atoms. The molecule has 4 nitrogen and oxygen atoms in total. The topological polar surface area (TPSA) is 55.7 Å². The highest BCUT2D eigenvalue weighted by atomic mass is 16.5. The number of hydrogen-bond donors (Lipinski definition) is 0. The van der Waals surface area contributed by atoms with Crippen LogP contribution in [0.2, 0.25) is 0 Å². The average Bonchev–Trinajstić information content (AvgIpc) is 2.39. The SMILES string of the molecule is CCCC(=O)C1C=Nc2c(OC)cccc2C1=O. The van der Waals surface area contributed by atoms with Crippen molar-refractivity contribution in [3.8, 4) is 5.75 Å². The Bertz CT molecular complexity index is 520. The zero-order chi connectivity index (χ0) is 13.1. The predicted molar refractivity (Wildman–Crippen MR) is 68.9 cm³/mol. The molecule has 0 N–H and O–H groups in total. The van der Waals surface area contributed by atoms with E-state index in [4.69, 9.17) is 4.74 Å². The Labute approximate surface area is 106 Å². The molecule has 0 saturated heterocycles. The number of methoxy groups -OCH3 is 1. The average molecular weight is 245 g/mol. The molecule has 0 saturated carbocycles. The summed E-state index contributed by atoms with van der Waals surface area (Å²) in [5.74, 6) is -0.430. The van der Waals surface area contributed by atoms with Gasteiger partial charge >= 0.3 is 0 Å². The third-order valence-electron chi connectivity index (χ3n) is 2.96. The number of carbonyl (C=O) groups is 2. The molecule has 0 aliphatic carbocycles. The zero-order valence-corrected chi connectivity index (χ0v) is 10.5. The van der Waals surface area contributed by atoms with E-state index in [0.29, 0.717) is 23.4 Å². The predicted octanol–water partition coefficient (Wildman–Crippen LogP) is 2.58. The summed E-state index contributed by atoms with van der Waals surface area (Å²) < 4.78 is 5.15. The number of Topliss-reactive ketones (excluding diaryl/α,β-unsaturated/α-hetero) is 2. The van der Waals surface area contributed by atoms with Gasteiger partial charge in [0.2, 0.25) is 0 Å². The molecule has 0 aromatic heterocycles. The van der Waals surface area contributed by atoms with E-state index in [1.54, 1.807) is 18.2 Å². The zero-order valence-electron chi connectivity index (χ0n) is 10.5. The van der Waals surface area contributed by atoms with Crippen LogP contribution in [0.3, 0.4) is 0 Å². The van der Waals surface area contributed by atoms with Crippen LogP contribution >= 0.6 is 0 Å². The highest BCUT2D eigenvalue weighted by Gasteiger charge is 2.30. The van der Waals surface area contributed by atoms with Crippen molar-refractivity contribution in [3.63, 3.8) is 0 Å². The largest absolute Gasteiger partial charge is 0.494 e. The summed E-state index contributed by atoms with van der Waals surface area (Å²) in [7, 11) is 1.53. The molecule has 0 radical (unpaired) electrons. The first-order valence-electron chi connectivity index (χ1n) is 5.97. The van der Waals surface area contributed by atoms with Crippen LogP contribution in [0.15, 0.2) is 23.2 Å². The van der Waals surface area contributed by atoms with Gasteiger partial charge in [0.05, 0.1) is 7.11 Å². The Morgan fingerprint density at radius 3 is 2.89 bits per heavy atom. The molecule has 1 atom stereocenters. The standard InChI is InChI=1S/C14H15NO3/c1-3-5-11(16)10-8-15-13-9(14(10)17)6-4-7-12(13)18-2/h4,6-8,10H,3,5H2,1-2H3. The third-order valence-corrected chi connectivity index (χ3v) is 2.96. The summed E-state index contributed by atoms with van der Waals surface area (Å²) >= 11 is 0. The van der Waals surface area contributed by atoms with Crippen LogP contribution in [0.25, 0.3) is 0 Å². The number of aliphatic imine (C=N–C) groups is 1. The van der Waals surface area contributed by atoms with E-state index in [1.807, 2.05) is 6.92 Å². The third kappa shape index (κ3) is 2.06. The first kappa shape index (κ1) is 12.5. The van der Waals surface area contributed by atoms with Crippen molar-refractivity contribution in [2.75, 3.05) is 7.11 Å². The number of benzene rings is 1. The van der Waals surface area contributed by atoms with Crippen molar-refractivity contribution in [1.29, 1.82) is 0 Å². The maximum Gasteiger partial charge on any atom is 0.181 e. The highest BCUT2D eigenvalue weighted by molar-refractivity contribution is 6.24. The number of rotatable bonds is 4. The Morgan fingerprint density at radius 1 is 1.44 bits per heavy atom. The fraction of sp³-hybridized carbons (Fsp3) is 0.357.